The molecule has 1 N–H and O–H groups in total. The van der Waals surface area contributed by atoms with Crippen molar-refractivity contribution in [2.75, 3.05) is 13.2 Å². The Morgan fingerprint density at radius 2 is 2.00 bits per heavy atom. The summed E-state index contributed by atoms with van der Waals surface area (Å²) >= 11 is 0. The zero-order chi connectivity index (χ0) is 14.2. The lowest BCUT2D eigenvalue weighted by Gasteiger charge is -2.39. The predicted molar refractivity (Wildman–Crippen MR) is 74.8 cm³/mol. The molecule has 2 unspecified atom stereocenters. The molecule has 1 spiro atoms. The second-order valence-corrected chi connectivity index (χ2v) is 5.84. The first-order valence-corrected chi connectivity index (χ1v) is 7.28. The summed E-state index contributed by atoms with van der Waals surface area (Å²) < 4.78 is 17.5. The van der Waals surface area contributed by atoms with Gasteiger partial charge in [0.25, 0.3) is 0 Å². The Labute approximate surface area is 119 Å². The quantitative estimate of drug-likeness (QED) is 0.902. The molecular formula is C16H22O4. The molecule has 0 amide bonds. The van der Waals surface area contributed by atoms with Gasteiger partial charge >= 0.3 is 0 Å². The van der Waals surface area contributed by atoms with Gasteiger partial charge in [-0.3, -0.25) is 0 Å². The molecule has 1 aromatic carbocycles. The van der Waals surface area contributed by atoms with Crippen LogP contribution in [0.5, 0.6) is 5.75 Å². The molecule has 3 rings (SSSR count). The summed E-state index contributed by atoms with van der Waals surface area (Å²) in [6.45, 7) is 5.31. The Balaban J connectivity index is 1.76. The highest BCUT2D eigenvalue weighted by Crippen LogP contribution is 2.38. The molecule has 0 aromatic heterocycles. The predicted octanol–water partition coefficient (Wildman–Crippen LogP) is 2.34. The van der Waals surface area contributed by atoms with Crippen LogP contribution in [-0.2, 0) is 9.47 Å². The molecule has 1 aromatic rings. The Bertz CT molecular complexity index is 479. The standard InChI is InChI=1S/C16H22O4/c1-11-3-4-12(2)14(9-11)20-15-10-16(6-5-13(15)17)18-7-8-19-16/h3-4,9,13,15,17H,5-8,10H2,1-2H3. The first kappa shape index (κ1) is 13.9. The van der Waals surface area contributed by atoms with Gasteiger partial charge in [0.05, 0.1) is 19.3 Å². The Hall–Kier alpha value is -1.10. The van der Waals surface area contributed by atoms with Crippen LogP contribution in [0.2, 0.25) is 0 Å². The summed E-state index contributed by atoms with van der Waals surface area (Å²) in [6, 6.07) is 6.11. The van der Waals surface area contributed by atoms with E-state index in [0.717, 1.165) is 23.3 Å². The maximum atomic E-state index is 10.2. The molecule has 2 fully saturated rings. The summed E-state index contributed by atoms with van der Waals surface area (Å²) in [4.78, 5) is 0. The van der Waals surface area contributed by atoms with E-state index in [9.17, 15) is 5.11 Å². The van der Waals surface area contributed by atoms with Crippen LogP contribution < -0.4 is 4.74 Å². The number of ether oxygens (including phenoxy) is 3. The summed E-state index contributed by atoms with van der Waals surface area (Å²) in [6.07, 6.45) is 1.23. The van der Waals surface area contributed by atoms with Gasteiger partial charge in [0.1, 0.15) is 11.9 Å². The summed E-state index contributed by atoms with van der Waals surface area (Å²) in [5.41, 5.74) is 2.23. The highest BCUT2D eigenvalue weighted by atomic mass is 16.7. The van der Waals surface area contributed by atoms with E-state index in [0.29, 0.717) is 26.1 Å². The highest BCUT2D eigenvalue weighted by Gasteiger charge is 2.45. The van der Waals surface area contributed by atoms with E-state index in [1.165, 1.54) is 0 Å². The van der Waals surface area contributed by atoms with Crippen molar-refractivity contribution in [3.8, 4) is 5.75 Å². The van der Waals surface area contributed by atoms with Gasteiger partial charge in [-0.15, -0.1) is 0 Å². The molecule has 1 saturated heterocycles. The lowest BCUT2D eigenvalue weighted by atomic mass is 9.89. The minimum atomic E-state index is -0.540. The first-order chi connectivity index (χ1) is 9.58. The summed E-state index contributed by atoms with van der Waals surface area (Å²) in [7, 11) is 0. The van der Waals surface area contributed by atoms with Crippen molar-refractivity contribution in [1.82, 2.24) is 0 Å². The molecule has 20 heavy (non-hydrogen) atoms. The van der Waals surface area contributed by atoms with E-state index in [1.807, 2.05) is 26.0 Å². The first-order valence-electron chi connectivity index (χ1n) is 7.28. The number of benzene rings is 1. The molecule has 4 heteroatoms. The van der Waals surface area contributed by atoms with Gasteiger partial charge in [0.2, 0.25) is 0 Å². The topological polar surface area (TPSA) is 47.9 Å². The van der Waals surface area contributed by atoms with E-state index in [1.54, 1.807) is 0 Å². The summed E-state index contributed by atoms with van der Waals surface area (Å²) in [5.74, 6) is 0.297. The molecule has 2 atom stereocenters. The van der Waals surface area contributed by atoms with Gasteiger partial charge < -0.3 is 19.3 Å². The third-order valence-electron chi connectivity index (χ3n) is 4.20. The number of aliphatic hydroxyl groups excluding tert-OH is 1. The molecular weight excluding hydrogens is 256 g/mol. The van der Waals surface area contributed by atoms with E-state index in [-0.39, 0.29) is 6.10 Å². The molecule has 2 aliphatic rings. The van der Waals surface area contributed by atoms with Crippen LogP contribution in [0.3, 0.4) is 0 Å². The Morgan fingerprint density at radius 1 is 1.25 bits per heavy atom. The molecule has 1 heterocycles. The van der Waals surface area contributed by atoms with Crippen molar-refractivity contribution >= 4 is 0 Å². The van der Waals surface area contributed by atoms with Gasteiger partial charge in [-0.1, -0.05) is 12.1 Å². The van der Waals surface area contributed by atoms with E-state index >= 15 is 0 Å². The lowest BCUT2D eigenvalue weighted by Crippen LogP contribution is -2.47. The minimum Gasteiger partial charge on any atom is -0.487 e. The van der Waals surface area contributed by atoms with E-state index in [2.05, 4.69) is 6.07 Å². The van der Waals surface area contributed by atoms with Gasteiger partial charge in [-0.25, -0.2) is 0 Å². The molecule has 1 aliphatic heterocycles. The molecule has 0 radical (unpaired) electrons. The fourth-order valence-corrected chi connectivity index (χ4v) is 2.98. The fourth-order valence-electron chi connectivity index (χ4n) is 2.98. The molecule has 1 saturated carbocycles. The van der Waals surface area contributed by atoms with Gasteiger partial charge in [-0.05, 0) is 37.5 Å². The van der Waals surface area contributed by atoms with Gasteiger partial charge in [-0.2, -0.15) is 0 Å². The van der Waals surface area contributed by atoms with E-state index < -0.39 is 11.9 Å². The van der Waals surface area contributed by atoms with Crippen molar-refractivity contribution in [1.29, 1.82) is 0 Å². The average molecular weight is 278 g/mol. The number of hydrogen-bond donors (Lipinski definition) is 1. The maximum Gasteiger partial charge on any atom is 0.172 e. The SMILES string of the molecule is Cc1ccc(C)c(OC2CC3(CCC2O)OCCO3)c1. The number of aliphatic hydroxyl groups is 1. The van der Waals surface area contributed by atoms with Crippen molar-refractivity contribution in [3.63, 3.8) is 0 Å². The largest absolute Gasteiger partial charge is 0.487 e. The number of rotatable bonds is 2. The molecule has 0 bridgehead atoms. The van der Waals surface area contributed by atoms with Gasteiger partial charge in [0, 0.05) is 12.8 Å². The minimum absolute atomic E-state index is 0.276. The smallest absolute Gasteiger partial charge is 0.172 e. The van der Waals surface area contributed by atoms with Crippen LogP contribution in [0.25, 0.3) is 0 Å². The Kier molecular flexibility index (Phi) is 3.71. The van der Waals surface area contributed by atoms with Crippen LogP contribution in [0, 0.1) is 13.8 Å². The van der Waals surface area contributed by atoms with Crippen LogP contribution >= 0.6 is 0 Å². The number of aryl methyl sites for hydroxylation is 2. The molecule has 110 valence electrons. The van der Waals surface area contributed by atoms with E-state index in [4.69, 9.17) is 14.2 Å². The Morgan fingerprint density at radius 3 is 2.75 bits per heavy atom. The second-order valence-electron chi connectivity index (χ2n) is 5.84. The van der Waals surface area contributed by atoms with Crippen molar-refractivity contribution in [2.45, 2.75) is 51.1 Å². The van der Waals surface area contributed by atoms with Crippen LogP contribution in [0.15, 0.2) is 18.2 Å². The van der Waals surface area contributed by atoms with Gasteiger partial charge in [0.15, 0.2) is 5.79 Å². The van der Waals surface area contributed by atoms with Crippen LogP contribution in [0.1, 0.15) is 30.4 Å². The normalized spacial score (nSPS) is 28.8. The highest BCUT2D eigenvalue weighted by molar-refractivity contribution is 5.36. The van der Waals surface area contributed by atoms with Crippen LogP contribution in [-0.4, -0.2) is 36.3 Å². The molecule has 1 aliphatic carbocycles. The lowest BCUT2D eigenvalue weighted by molar-refractivity contribution is -0.209. The summed E-state index contributed by atoms with van der Waals surface area (Å²) in [5, 5.41) is 10.2. The fraction of sp³-hybridized carbons (Fsp3) is 0.625. The van der Waals surface area contributed by atoms with Crippen molar-refractivity contribution in [3.05, 3.63) is 29.3 Å². The van der Waals surface area contributed by atoms with Crippen molar-refractivity contribution < 1.29 is 19.3 Å². The second kappa shape index (κ2) is 5.35. The zero-order valence-corrected chi connectivity index (χ0v) is 12.1. The molecule has 4 nitrogen and oxygen atoms in total. The maximum absolute atomic E-state index is 10.2. The third kappa shape index (κ3) is 2.68. The zero-order valence-electron chi connectivity index (χ0n) is 12.1. The van der Waals surface area contributed by atoms with Crippen LogP contribution in [0.4, 0.5) is 0 Å². The average Bonchev–Trinajstić information content (AvgIpc) is 2.87. The van der Waals surface area contributed by atoms with Crippen molar-refractivity contribution in [2.24, 2.45) is 0 Å². The third-order valence-corrected chi connectivity index (χ3v) is 4.20. The number of hydrogen-bond acceptors (Lipinski definition) is 4. The monoisotopic (exact) mass is 278 g/mol.